The lowest BCUT2D eigenvalue weighted by atomic mass is 9.48. The van der Waals surface area contributed by atoms with Gasteiger partial charge in [0, 0.05) is 43.2 Å². The number of carbonyl (C=O) groups is 1. The Morgan fingerprint density at radius 1 is 1.13 bits per heavy atom. The van der Waals surface area contributed by atoms with E-state index < -0.39 is 0 Å². The molecule has 4 heteroatoms. The molecule has 2 heterocycles. The van der Waals surface area contributed by atoms with Crippen molar-refractivity contribution in [3.05, 3.63) is 36.4 Å². The highest BCUT2D eigenvalue weighted by Crippen LogP contribution is 2.65. The molecular formula is C26H39N3O. The van der Waals surface area contributed by atoms with Gasteiger partial charge in [0.15, 0.2) is 0 Å². The summed E-state index contributed by atoms with van der Waals surface area (Å²) in [5.41, 5.74) is 3.35. The third-order valence-corrected chi connectivity index (χ3v) is 8.70. The van der Waals surface area contributed by atoms with E-state index in [0.717, 1.165) is 31.2 Å². The van der Waals surface area contributed by atoms with Crippen molar-refractivity contribution in [1.29, 1.82) is 0 Å². The van der Waals surface area contributed by atoms with E-state index in [4.69, 9.17) is 0 Å². The summed E-state index contributed by atoms with van der Waals surface area (Å²) in [5, 5.41) is 0. The topological polar surface area (TPSA) is 38.1 Å². The fourth-order valence-electron chi connectivity index (χ4n) is 7.03. The van der Waals surface area contributed by atoms with Crippen molar-refractivity contribution < 1.29 is 4.79 Å². The molecule has 3 aliphatic carbocycles. The largest absolute Gasteiger partial charge is 0.342 e. The number of hydrogen-bond acceptors (Lipinski definition) is 2. The normalized spacial score (nSPS) is 37.7. The van der Waals surface area contributed by atoms with Crippen LogP contribution in [-0.2, 0) is 4.79 Å². The average molecular weight is 410 g/mol. The number of amides is 1. The maximum Gasteiger partial charge on any atom is 0.246 e. The quantitative estimate of drug-likeness (QED) is 0.589. The molecule has 1 aliphatic heterocycles. The van der Waals surface area contributed by atoms with E-state index >= 15 is 0 Å². The van der Waals surface area contributed by atoms with Gasteiger partial charge >= 0.3 is 0 Å². The molecule has 2 saturated carbocycles. The highest BCUT2D eigenvalue weighted by Gasteiger charge is 2.57. The summed E-state index contributed by atoms with van der Waals surface area (Å²) in [5.74, 6) is 2.41. The Kier molecular flexibility index (Phi) is 5.71. The van der Waals surface area contributed by atoms with Gasteiger partial charge in [0.05, 0.1) is 6.33 Å². The summed E-state index contributed by atoms with van der Waals surface area (Å²) >= 11 is 0. The first kappa shape index (κ1) is 21.4. The Morgan fingerprint density at radius 3 is 2.60 bits per heavy atom. The molecule has 5 atom stereocenters. The number of imidazole rings is 1. The SMILES string of the molecule is CCC.CN1CCC2(C)C(=CC1=O)CCC1C2CCC2(C)C(n3ccnc3)=CCC12. The molecule has 4 nitrogen and oxygen atoms in total. The van der Waals surface area contributed by atoms with Gasteiger partial charge in [-0.25, -0.2) is 4.98 Å². The lowest BCUT2D eigenvalue weighted by molar-refractivity contribution is -0.124. The zero-order valence-electron chi connectivity index (χ0n) is 19.5. The summed E-state index contributed by atoms with van der Waals surface area (Å²) in [6, 6.07) is 0. The van der Waals surface area contributed by atoms with Gasteiger partial charge in [-0.1, -0.05) is 45.8 Å². The maximum absolute atomic E-state index is 12.4. The second-order valence-corrected chi connectivity index (χ2v) is 10.5. The van der Waals surface area contributed by atoms with Gasteiger partial charge in [-0.05, 0) is 61.7 Å². The first-order valence-corrected chi connectivity index (χ1v) is 12.0. The van der Waals surface area contributed by atoms with Crippen molar-refractivity contribution in [1.82, 2.24) is 14.5 Å². The number of rotatable bonds is 1. The maximum atomic E-state index is 12.4. The van der Waals surface area contributed by atoms with E-state index in [9.17, 15) is 4.79 Å². The van der Waals surface area contributed by atoms with Crippen molar-refractivity contribution in [3.63, 3.8) is 0 Å². The van der Waals surface area contributed by atoms with Gasteiger partial charge in [0.1, 0.15) is 0 Å². The number of hydrogen-bond donors (Lipinski definition) is 0. The van der Waals surface area contributed by atoms with Crippen LogP contribution in [0.15, 0.2) is 36.4 Å². The zero-order valence-corrected chi connectivity index (χ0v) is 19.5. The summed E-state index contributed by atoms with van der Waals surface area (Å²) in [6.45, 7) is 10.1. The summed E-state index contributed by atoms with van der Waals surface area (Å²) < 4.78 is 2.25. The highest BCUT2D eigenvalue weighted by molar-refractivity contribution is 5.88. The highest BCUT2D eigenvalue weighted by atomic mass is 16.2. The number of allylic oxidation sites excluding steroid dienone is 3. The van der Waals surface area contributed by atoms with E-state index in [2.05, 4.69) is 49.5 Å². The number of aromatic nitrogens is 2. The Morgan fingerprint density at radius 2 is 1.90 bits per heavy atom. The van der Waals surface area contributed by atoms with Gasteiger partial charge in [0.25, 0.3) is 0 Å². The number of carbonyl (C=O) groups excluding carboxylic acids is 1. The molecule has 0 radical (unpaired) electrons. The molecule has 1 aromatic heterocycles. The van der Waals surface area contributed by atoms with Crippen LogP contribution < -0.4 is 0 Å². The molecular weight excluding hydrogens is 370 g/mol. The van der Waals surface area contributed by atoms with Crippen LogP contribution in [0.4, 0.5) is 0 Å². The predicted molar refractivity (Wildman–Crippen MR) is 123 cm³/mol. The second-order valence-electron chi connectivity index (χ2n) is 10.5. The van der Waals surface area contributed by atoms with E-state index in [-0.39, 0.29) is 16.7 Å². The molecule has 0 aromatic carbocycles. The smallest absolute Gasteiger partial charge is 0.246 e. The molecule has 0 N–H and O–H groups in total. The third kappa shape index (κ3) is 3.27. The van der Waals surface area contributed by atoms with Crippen LogP contribution >= 0.6 is 0 Å². The van der Waals surface area contributed by atoms with Crippen LogP contribution in [0.5, 0.6) is 0 Å². The molecule has 0 bridgehead atoms. The first-order chi connectivity index (χ1) is 14.3. The van der Waals surface area contributed by atoms with Crippen LogP contribution in [0.1, 0.15) is 72.6 Å². The average Bonchev–Trinajstić information content (AvgIpc) is 3.33. The van der Waals surface area contributed by atoms with Crippen LogP contribution in [0, 0.1) is 28.6 Å². The van der Waals surface area contributed by atoms with Crippen molar-refractivity contribution in [2.75, 3.05) is 13.6 Å². The summed E-state index contributed by atoms with van der Waals surface area (Å²) in [6.07, 6.45) is 18.8. The Labute approximate surface area is 182 Å². The van der Waals surface area contributed by atoms with Crippen molar-refractivity contribution >= 4 is 11.6 Å². The van der Waals surface area contributed by atoms with Gasteiger partial charge in [-0.2, -0.15) is 0 Å². The van der Waals surface area contributed by atoms with Gasteiger partial charge in [-0.15, -0.1) is 0 Å². The standard InChI is InChI=1S/C23H31N3O.C3H8/c1-22-10-12-25(3)21(27)14-16(22)4-5-17-18-6-7-20(26-13-11-24-15-26)23(18,2)9-8-19(17)22;1-3-2/h7,11,13-15,17-19H,4-6,8-10,12H2,1-3H3;3H2,1-2H3. The number of nitrogens with zero attached hydrogens (tertiary/aromatic N) is 3. The number of likely N-dealkylation sites (N-methyl/N-ethyl adjacent to an activating group) is 1. The first-order valence-electron chi connectivity index (χ1n) is 12.0. The molecule has 0 saturated heterocycles. The van der Waals surface area contributed by atoms with E-state index in [1.54, 1.807) is 0 Å². The summed E-state index contributed by atoms with van der Waals surface area (Å²) in [4.78, 5) is 18.6. The monoisotopic (exact) mass is 409 g/mol. The van der Waals surface area contributed by atoms with Crippen molar-refractivity contribution in [2.45, 2.75) is 72.6 Å². The van der Waals surface area contributed by atoms with E-state index in [1.807, 2.05) is 30.5 Å². The van der Waals surface area contributed by atoms with Crippen LogP contribution in [0.2, 0.25) is 0 Å². The van der Waals surface area contributed by atoms with Crippen LogP contribution in [-0.4, -0.2) is 34.0 Å². The van der Waals surface area contributed by atoms with Gasteiger partial charge in [-0.3, -0.25) is 4.79 Å². The van der Waals surface area contributed by atoms with Crippen LogP contribution in [0.3, 0.4) is 0 Å². The van der Waals surface area contributed by atoms with Crippen molar-refractivity contribution in [3.8, 4) is 0 Å². The summed E-state index contributed by atoms with van der Waals surface area (Å²) in [7, 11) is 1.95. The van der Waals surface area contributed by atoms with E-state index in [0.29, 0.717) is 5.92 Å². The molecule has 1 amide bonds. The van der Waals surface area contributed by atoms with Crippen molar-refractivity contribution in [2.24, 2.45) is 28.6 Å². The van der Waals surface area contributed by atoms with Gasteiger partial charge < -0.3 is 9.47 Å². The minimum Gasteiger partial charge on any atom is -0.342 e. The molecule has 30 heavy (non-hydrogen) atoms. The lowest BCUT2D eigenvalue weighted by Crippen LogP contribution is -2.49. The fourth-order valence-corrected chi connectivity index (χ4v) is 7.03. The van der Waals surface area contributed by atoms with Crippen LogP contribution in [0.25, 0.3) is 5.70 Å². The molecule has 2 fully saturated rings. The second kappa shape index (κ2) is 8.01. The molecule has 4 aliphatic rings. The molecule has 1 aromatic rings. The predicted octanol–water partition coefficient (Wildman–Crippen LogP) is 5.78. The molecule has 5 unspecified atom stereocenters. The molecule has 5 rings (SSSR count). The molecule has 0 spiro atoms. The van der Waals surface area contributed by atoms with E-state index in [1.165, 1.54) is 43.4 Å². The molecule has 164 valence electrons. The minimum atomic E-state index is 0.197. The zero-order chi connectivity index (χ0) is 21.5. The number of fused-ring (bicyclic) bond motifs is 5. The Balaban J connectivity index is 0.000000687. The Bertz CT molecular complexity index is 838. The fraction of sp³-hybridized carbons (Fsp3) is 0.692. The third-order valence-electron chi connectivity index (χ3n) is 8.70. The lowest BCUT2D eigenvalue weighted by Gasteiger charge is -2.56. The van der Waals surface area contributed by atoms with Gasteiger partial charge in [0.2, 0.25) is 5.91 Å². The minimum absolute atomic E-state index is 0.197. The Hall–Kier alpha value is -1.84.